The van der Waals surface area contributed by atoms with E-state index in [0.717, 1.165) is 0 Å². The van der Waals surface area contributed by atoms with Crippen LogP contribution in [0, 0.1) is 0 Å². The zero-order valence-electron chi connectivity index (χ0n) is 8.54. The number of rotatable bonds is 3. The van der Waals surface area contributed by atoms with Gasteiger partial charge in [-0.2, -0.15) is 0 Å². The molecule has 0 radical (unpaired) electrons. The second-order valence-corrected chi connectivity index (χ2v) is 3.71. The van der Waals surface area contributed by atoms with Gasteiger partial charge in [0.05, 0.1) is 6.61 Å². The molecule has 1 aliphatic heterocycles. The van der Waals surface area contributed by atoms with Crippen molar-refractivity contribution < 1.29 is 9.90 Å². The number of aromatic nitrogens is 1. The van der Waals surface area contributed by atoms with Gasteiger partial charge in [-0.05, 0) is 24.4 Å². The summed E-state index contributed by atoms with van der Waals surface area (Å²) in [4.78, 5) is 18.9. The normalized spacial score (nSPS) is 16.1. The molecule has 2 heterocycles. The van der Waals surface area contributed by atoms with Crippen molar-refractivity contribution in [2.45, 2.75) is 0 Å². The highest BCUT2D eigenvalue weighted by Crippen LogP contribution is 2.18. The molecule has 1 aliphatic rings. The molecule has 0 unspecified atom stereocenters. The maximum Gasteiger partial charge on any atom is 0.254 e. The summed E-state index contributed by atoms with van der Waals surface area (Å²) in [5, 5.41) is 9.24. The molecular weight excluding hydrogens is 226 g/mol. The van der Waals surface area contributed by atoms with Crippen LogP contribution in [0.25, 0.3) is 0 Å². The van der Waals surface area contributed by atoms with E-state index in [2.05, 4.69) is 4.98 Å². The molecule has 1 aromatic rings. The zero-order valence-corrected chi connectivity index (χ0v) is 9.35. The quantitative estimate of drug-likeness (QED) is 0.750. The number of β-amino-alcohol motifs (C(OH)–C–C–N with tert-alkyl or cyclic N) is 1. The lowest BCUT2D eigenvalue weighted by Crippen LogP contribution is -2.34. The predicted octanol–water partition coefficient (Wildman–Crippen LogP) is 0.00740. The van der Waals surface area contributed by atoms with Crippen LogP contribution in [0.4, 0.5) is 5.82 Å². The largest absolute Gasteiger partial charge is 0.395 e. The van der Waals surface area contributed by atoms with Gasteiger partial charge in [-0.25, -0.2) is 9.88 Å². The number of carbonyl (C=O) groups is 1. The molecule has 1 N–H and O–H groups in total. The molecule has 84 valence electrons. The van der Waals surface area contributed by atoms with Crippen LogP contribution in [0.15, 0.2) is 24.4 Å². The van der Waals surface area contributed by atoms with Gasteiger partial charge in [0.2, 0.25) is 0 Å². The Morgan fingerprint density at radius 1 is 1.50 bits per heavy atom. The number of aliphatic hydroxyl groups excluding tert-OH is 1. The van der Waals surface area contributed by atoms with Crippen molar-refractivity contribution in [1.82, 2.24) is 9.88 Å². The average molecular weight is 237 g/mol. The molecule has 2 rings (SSSR count). The van der Waals surface area contributed by atoms with E-state index in [4.69, 9.17) is 17.3 Å². The third-order valence-electron chi connectivity index (χ3n) is 2.29. The lowest BCUT2D eigenvalue weighted by molar-refractivity contribution is -0.116. The first kappa shape index (κ1) is 11.0. The lowest BCUT2D eigenvalue weighted by atomic mass is 10.4. The summed E-state index contributed by atoms with van der Waals surface area (Å²) in [6.07, 6.45) is 1.61. The van der Waals surface area contributed by atoms with E-state index in [-0.39, 0.29) is 19.1 Å². The van der Waals surface area contributed by atoms with Crippen LogP contribution in [0.1, 0.15) is 0 Å². The van der Waals surface area contributed by atoms with Gasteiger partial charge in [-0.1, -0.05) is 6.07 Å². The molecule has 0 aromatic carbocycles. The van der Waals surface area contributed by atoms with E-state index in [1.54, 1.807) is 29.3 Å². The van der Waals surface area contributed by atoms with E-state index in [1.165, 1.54) is 4.90 Å². The smallest absolute Gasteiger partial charge is 0.254 e. The van der Waals surface area contributed by atoms with Gasteiger partial charge in [0.25, 0.3) is 5.91 Å². The minimum atomic E-state index is -0.114. The molecule has 6 heteroatoms. The van der Waals surface area contributed by atoms with Crippen LogP contribution in [-0.4, -0.2) is 45.7 Å². The predicted molar refractivity (Wildman–Crippen MR) is 63.0 cm³/mol. The summed E-state index contributed by atoms with van der Waals surface area (Å²) in [6.45, 7) is 0.549. The number of hydrogen-bond acceptors (Lipinski definition) is 4. The van der Waals surface area contributed by atoms with Crippen LogP contribution in [-0.2, 0) is 4.79 Å². The van der Waals surface area contributed by atoms with E-state index in [0.29, 0.717) is 17.5 Å². The van der Waals surface area contributed by atoms with Gasteiger partial charge in [0, 0.05) is 12.7 Å². The summed E-state index contributed by atoms with van der Waals surface area (Å²) in [7, 11) is 0. The summed E-state index contributed by atoms with van der Waals surface area (Å²) >= 11 is 5.17. The number of aliphatic hydroxyl groups is 1. The Bertz CT molecular complexity index is 410. The van der Waals surface area contributed by atoms with Crippen LogP contribution >= 0.6 is 12.2 Å². The molecule has 1 aromatic heterocycles. The fourth-order valence-corrected chi connectivity index (χ4v) is 1.91. The SMILES string of the molecule is O=C1CN(CCO)C(=S)N1c1ccccn1. The van der Waals surface area contributed by atoms with Crippen LogP contribution in [0.3, 0.4) is 0 Å². The Hall–Kier alpha value is -1.53. The number of anilines is 1. The Kier molecular flexibility index (Phi) is 3.12. The van der Waals surface area contributed by atoms with Gasteiger partial charge < -0.3 is 10.0 Å². The summed E-state index contributed by atoms with van der Waals surface area (Å²) < 4.78 is 0. The van der Waals surface area contributed by atoms with Gasteiger partial charge in [-0.3, -0.25) is 4.79 Å². The highest BCUT2D eigenvalue weighted by Gasteiger charge is 2.33. The van der Waals surface area contributed by atoms with Gasteiger partial charge >= 0.3 is 0 Å². The molecular formula is C10H11N3O2S. The van der Waals surface area contributed by atoms with Crippen molar-refractivity contribution in [2.24, 2.45) is 0 Å². The molecule has 1 fully saturated rings. The fraction of sp³-hybridized carbons (Fsp3) is 0.300. The maximum absolute atomic E-state index is 11.7. The van der Waals surface area contributed by atoms with Gasteiger partial charge in [0.15, 0.2) is 5.11 Å². The molecule has 1 amide bonds. The average Bonchev–Trinajstić information content (AvgIpc) is 2.56. The number of carbonyl (C=O) groups excluding carboxylic acids is 1. The Morgan fingerprint density at radius 2 is 2.31 bits per heavy atom. The van der Waals surface area contributed by atoms with Crippen molar-refractivity contribution in [3.63, 3.8) is 0 Å². The highest BCUT2D eigenvalue weighted by atomic mass is 32.1. The van der Waals surface area contributed by atoms with Crippen molar-refractivity contribution in [1.29, 1.82) is 0 Å². The van der Waals surface area contributed by atoms with E-state index >= 15 is 0 Å². The van der Waals surface area contributed by atoms with Crippen LogP contribution in [0.5, 0.6) is 0 Å². The van der Waals surface area contributed by atoms with Crippen LogP contribution in [0.2, 0.25) is 0 Å². The number of pyridine rings is 1. The molecule has 5 nitrogen and oxygen atoms in total. The number of hydrogen-bond donors (Lipinski definition) is 1. The molecule has 0 saturated carbocycles. The molecule has 0 aliphatic carbocycles. The minimum Gasteiger partial charge on any atom is -0.395 e. The second-order valence-electron chi connectivity index (χ2n) is 3.34. The molecule has 16 heavy (non-hydrogen) atoms. The first-order valence-electron chi connectivity index (χ1n) is 4.88. The standard InChI is InChI=1S/C10H11N3O2S/c14-6-5-12-7-9(15)13(10(12)16)8-3-1-2-4-11-8/h1-4,14H,5-7H2. The van der Waals surface area contributed by atoms with Crippen molar-refractivity contribution in [2.75, 3.05) is 24.6 Å². The summed E-state index contributed by atoms with van der Waals surface area (Å²) in [6, 6.07) is 5.30. The van der Waals surface area contributed by atoms with Crippen molar-refractivity contribution >= 4 is 29.1 Å². The second kappa shape index (κ2) is 4.54. The molecule has 1 saturated heterocycles. The highest BCUT2D eigenvalue weighted by molar-refractivity contribution is 7.80. The summed E-state index contributed by atoms with van der Waals surface area (Å²) in [5.41, 5.74) is 0. The number of amides is 1. The minimum absolute atomic E-state index is 0.0243. The van der Waals surface area contributed by atoms with Gasteiger partial charge in [-0.15, -0.1) is 0 Å². The van der Waals surface area contributed by atoms with E-state index < -0.39 is 0 Å². The van der Waals surface area contributed by atoms with E-state index in [9.17, 15) is 4.79 Å². The maximum atomic E-state index is 11.7. The number of thiocarbonyl (C=S) groups is 1. The Morgan fingerprint density at radius 3 is 2.94 bits per heavy atom. The van der Waals surface area contributed by atoms with Crippen molar-refractivity contribution in [3.05, 3.63) is 24.4 Å². The van der Waals surface area contributed by atoms with Gasteiger partial charge in [0.1, 0.15) is 12.4 Å². The van der Waals surface area contributed by atoms with E-state index in [1.807, 2.05) is 0 Å². The number of nitrogens with zero attached hydrogens (tertiary/aromatic N) is 3. The monoisotopic (exact) mass is 237 g/mol. The third-order valence-corrected chi connectivity index (χ3v) is 2.73. The van der Waals surface area contributed by atoms with Crippen molar-refractivity contribution in [3.8, 4) is 0 Å². The topological polar surface area (TPSA) is 56.7 Å². The summed E-state index contributed by atoms with van der Waals surface area (Å²) in [5.74, 6) is 0.412. The first-order chi connectivity index (χ1) is 7.74. The Balaban J connectivity index is 2.23. The zero-order chi connectivity index (χ0) is 11.5. The Labute approximate surface area is 98.3 Å². The molecule has 0 bridgehead atoms. The lowest BCUT2D eigenvalue weighted by Gasteiger charge is -2.18. The molecule has 0 spiro atoms. The first-order valence-corrected chi connectivity index (χ1v) is 5.28. The fourth-order valence-electron chi connectivity index (χ4n) is 1.56. The molecule has 0 atom stereocenters. The van der Waals surface area contributed by atoms with Crippen LogP contribution < -0.4 is 4.90 Å². The third kappa shape index (κ3) is 1.89.